The first-order valence-electron chi connectivity index (χ1n) is 9.40. The number of methoxy groups -OCH3 is 2. The number of esters is 3. The molecular weight excluding hydrogens is 410 g/mol. The number of fused-ring (bicyclic) bond motifs is 1. The molecule has 156 valence electrons. The molecule has 0 spiro atoms. The molecule has 4 rings (SSSR count). The van der Waals surface area contributed by atoms with Crippen molar-refractivity contribution in [1.82, 2.24) is 5.32 Å². The van der Waals surface area contributed by atoms with E-state index in [0.717, 1.165) is 5.56 Å². The first-order chi connectivity index (χ1) is 14.4. The van der Waals surface area contributed by atoms with Crippen LogP contribution in [0, 0.1) is 11.8 Å². The Bertz CT molecular complexity index is 1010. The van der Waals surface area contributed by atoms with Gasteiger partial charge in [-0.1, -0.05) is 48.0 Å². The molecule has 2 aromatic rings. The molecule has 2 heterocycles. The van der Waals surface area contributed by atoms with Crippen molar-refractivity contribution in [1.29, 1.82) is 0 Å². The lowest BCUT2D eigenvalue weighted by Gasteiger charge is -2.31. The Morgan fingerprint density at radius 3 is 2.50 bits per heavy atom. The smallest absolute Gasteiger partial charge is 0.327 e. The van der Waals surface area contributed by atoms with Gasteiger partial charge in [0.25, 0.3) is 0 Å². The number of carbonyl (C=O) groups is 3. The Kier molecular flexibility index (Phi) is 5.26. The highest BCUT2D eigenvalue weighted by atomic mass is 35.5. The van der Waals surface area contributed by atoms with Crippen molar-refractivity contribution < 1.29 is 28.6 Å². The summed E-state index contributed by atoms with van der Waals surface area (Å²) in [7, 11) is 2.76. The maximum Gasteiger partial charge on any atom is 0.327 e. The maximum absolute atomic E-state index is 13.0. The van der Waals surface area contributed by atoms with Crippen LogP contribution in [-0.2, 0) is 30.3 Å². The Hall–Kier alpha value is -2.90. The molecule has 0 aliphatic carbocycles. The van der Waals surface area contributed by atoms with Crippen molar-refractivity contribution in [2.75, 3.05) is 14.2 Å². The lowest BCUT2D eigenvalue weighted by atomic mass is 9.76. The van der Waals surface area contributed by atoms with Crippen molar-refractivity contribution in [3.8, 4) is 5.75 Å². The van der Waals surface area contributed by atoms with E-state index in [-0.39, 0.29) is 6.42 Å². The van der Waals surface area contributed by atoms with Gasteiger partial charge in [-0.25, -0.2) is 0 Å². The third-order valence-electron chi connectivity index (χ3n) is 5.80. The zero-order valence-electron chi connectivity index (χ0n) is 16.4. The zero-order valence-corrected chi connectivity index (χ0v) is 17.1. The van der Waals surface area contributed by atoms with Crippen LogP contribution in [0.4, 0.5) is 0 Å². The summed E-state index contributed by atoms with van der Waals surface area (Å²) in [4.78, 5) is 38.3. The quantitative estimate of drug-likeness (QED) is 0.576. The van der Waals surface area contributed by atoms with E-state index < -0.39 is 41.3 Å². The molecule has 0 unspecified atom stereocenters. The van der Waals surface area contributed by atoms with Crippen LogP contribution in [0.1, 0.15) is 17.2 Å². The number of nitrogens with one attached hydrogen (secondary N) is 1. The van der Waals surface area contributed by atoms with E-state index in [1.165, 1.54) is 14.2 Å². The third kappa shape index (κ3) is 3.14. The van der Waals surface area contributed by atoms with Crippen molar-refractivity contribution in [3.05, 3.63) is 64.7 Å². The highest BCUT2D eigenvalue weighted by Crippen LogP contribution is 2.50. The molecule has 8 heteroatoms. The van der Waals surface area contributed by atoms with E-state index in [4.69, 9.17) is 25.8 Å². The highest BCUT2D eigenvalue weighted by Gasteiger charge is 2.68. The van der Waals surface area contributed by atoms with Gasteiger partial charge >= 0.3 is 17.9 Å². The summed E-state index contributed by atoms with van der Waals surface area (Å²) in [5.74, 6) is -3.47. The second-order valence-corrected chi connectivity index (χ2v) is 7.79. The van der Waals surface area contributed by atoms with E-state index in [9.17, 15) is 14.4 Å². The van der Waals surface area contributed by atoms with Gasteiger partial charge in [0.15, 0.2) is 0 Å². The van der Waals surface area contributed by atoms with Crippen LogP contribution in [-0.4, -0.2) is 37.7 Å². The molecule has 0 amide bonds. The van der Waals surface area contributed by atoms with Crippen molar-refractivity contribution in [2.45, 2.75) is 18.0 Å². The summed E-state index contributed by atoms with van der Waals surface area (Å²) in [6, 6.07) is 13.6. The molecule has 2 aromatic carbocycles. The van der Waals surface area contributed by atoms with E-state index in [1.807, 2.05) is 30.3 Å². The fourth-order valence-electron chi connectivity index (χ4n) is 4.49. The molecule has 1 N–H and O–H groups in total. The first kappa shape index (κ1) is 20.4. The maximum atomic E-state index is 13.0. The van der Waals surface area contributed by atoms with Gasteiger partial charge in [-0.05, 0) is 23.3 Å². The van der Waals surface area contributed by atoms with Crippen LogP contribution in [0.15, 0.2) is 48.5 Å². The summed E-state index contributed by atoms with van der Waals surface area (Å²) in [6.07, 6.45) is 0.157. The molecule has 0 bridgehead atoms. The number of hydrogen-bond donors (Lipinski definition) is 1. The predicted octanol–water partition coefficient (Wildman–Crippen LogP) is 2.46. The number of ether oxygens (including phenoxy) is 3. The van der Waals surface area contributed by atoms with Crippen molar-refractivity contribution in [3.63, 3.8) is 0 Å². The number of halogens is 1. The third-order valence-corrected chi connectivity index (χ3v) is 6.10. The topological polar surface area (TPSA) is 90.9 Å². The summed E-state index contributed by atoms with van der Waals surface area (Å²) < 4.78 is 15.2. The molecular formula is C22H20ClNO6. The molecule has 0 saturated carbocycles. The van der Waals surface area contributed by atoms with Gasteiger partial charge in [-0.2, -0.15) is 0 Å². The Morgan fingerprint density at radius 1 is 1.13 bits per heavy atom. The molecule has 7 nitrogen and oxygen atoms in total. The molecule has 2 aliphatic heterocycles. The summed E-state index contributed by atoms with van der Waals surface area (Å²) in [6.45, 7) is 0. The molecule has 2 fully saturated rings. The van der Waals surface area contributed by atoms with Crippen LogP contribution in [0.25, 0.3) is 0 Å². The SMILES string of the molecule is COC(=O)[C@]1(Cc2ccccc2)N[C@H](c2ccc(OC)c(Cl)c2)[C@H]2C(=O)OC(=O)[C@@H]21. The molecule has 0 aromatic heterocycles. The molecule has 0 radical (unpaired) electrons. The number of benzene rings is 2. The van der Waals surface area contributed by atoms with Gasteiger partial charge in [0.1, 0.15) is 17.2 Å². The van der Waals surface area contributed by atoms with E-state index in [2.05, 4.69) is 5.32 Å². The Balaban J connectivity index is 1.82. The minimum atomic E-state index is -1.46. The van der Waals surface area contributed by atoms with Crippen LogP contribution in [0.5, 0.6) is 5.75 Å². The average molecular weight is 430 g/mol. The normalized spacial score (nSPS) is 27.5. The van der Waals surface area contributed by atoms with Gasteiger partial charge in [-0.15, -0.1) is 0 Å². The Labute approximate surface area is 178 Å². The average Bonchev–Trinajstić information content (AvgIpc) is 3.25. The highest BCUT2D eigenvalue weighted by molar-refractivity contribution is 6.32. The summed E-state index contributed by atoms with van der Waals surface area (Å²) in [5.41, 5.74) is -0.00263. The first-order valence-corrected chi connectivity index (χ1v) is 9.78. The van der Waals surface area contributed by atoms with Crippen LogP contribution < -0.4 is 10.1 Å². The van der Waals surface area contributed by atoms with Crippen molar-refractivity contribution >= 4 is 29.5 Å². The van der Waals surface area contributed by atoms with Gasteiger partial charge in [0.05, 0.1) is 25.2 Å². The number of rotatable bonds is 5. The zero-order chi connectivity index (χ0) is 21.5. The standard InChI is InChI=1S/C22H20ClNO6/c1-28-15-9-8-13(10-14(15)23)18-16-17(20(26)30-19(16)25)22(24-18,21(27)29-2)11-12-6-4-3-5-7-12/h3-10,16-18,24H,11H2,1-2H3/t16-,17+,18+,22+/m0/s1. The van der Waals surface area contributed by atoms with E-state index in [0.29, 0.717) is 16.3 Å². The Morgan fingerprint density at radius 2 is 1.87 bits per heavy atom. The lowest BCUT2D eigenvalue weighted by molar-refractivity contribution is -0.160. The van der Waals surface area contributed by atoms with Crippen LogP contribution in [0.3, 0.4) is 0 Å². The monoisotopic (exact) mass is 429 g/mol. The van der Waals surface area contributed by atoms with Gasteiger partial charge in [-0.3, -0.25) is 19.7 Å². The van der Waals surface area contributed by atoms with Crippen LogP contribution in [0.2, 0.25) is 5.02 Å². The number of cyclic esters (lactones) is 2. The van der Waals surface area contributed by atoms with Crippen LogP contribution >= 0.6 is 11.6 Å². The fraction of sp³-hybridized carbons (Fsp3) is 0.318. The second-order valence-electron chi connectivity index (χ2n) is 7.38. The molecule has 4 atom stereocenters. The summed E-state index contributed by atoms with van der Waals surface area (Å²) in [5, 5.41) is 3.60. The minimum Gasteiger partial charge on any atom is -0.495 e. The van der Waals surface area contributed by atoms with Gasteiger partial charge < -0.3 is 14.2 Å². The predicted molar refractivity (Wildman–Crippen MR) is 107 cm³/mol. The molecule has 2 saturated heterocycles. The molecule has 30 heavy (non-hydrogen) atoms. The van der Waals surface area contributed by atoms with Gasteiger partial charge in [0, 0.05) is 12.5 Å². The van der Waals surface area contributed by atoms with Gasteiger partial charge in [0.2, 0.25) is 0 Å². The number of carbonyl (C=O) groups excluding carboxylic acids is 3. The second kappa shape index (κ2) is 7.74. The van der Waals surface area contributed by atoms with E-state index in [1.54, 1.807) is 18.2 Å². The van der Waals surface area contributed by atoms with Crippen molar-refractivity contribution in [2.24, 2.45) is 11.8 Å². The fourth-order valence-corrected chi connectivity index (χ4v) is 4.76. The molecule has 2 aliphatic rings. The lowest BCUT2D eigenvalue weighted by Crippen LogP contribution is -2.56. The largest absolute Gasteiger partial charge is 0.495 e. The summed E-state index contributed by atoms with van der Waals surface area (Å²) >= 11 is 6.28. The number of hydrogen-bond acceptors (Lipinski definition) is 7. The minimum absolute atomic E-state index is 0.157. The van der Waals surface area contributed by atoms with E-state index >= 15 is 0 Å².